The summed E-state index contributed by atoms with van der Waals surface area (Å²) >= 11 is 0. The van der Waals surface area contributed by atoms with Crippen molar-refractivity contribution in [3.63, 3.8) is 0 Å². The number of hydrogen-bond acceptors (Lipinski definition) is 10. The highest BCUT2D eigenvalue weighted by atomic mass is 16.7. The molecular formula is C32H35N7O5. The molecule has 7 rings (SSSR count). The van der Waals surface area contributed by atoms with Gasteiger partial charge in [0.2, 0.25) is 18.6 Å². The summed E-state index contributed by atoms with van der Waals surface area (Å²) < 4.78 is 24.2. The molecular weight excluding hydrogens is 562 g/mol. The summed E-state index contributed by atoms with van der Waals surface area (Å²) in [4.78, 5) is 31.6. The number of nitrogens with one attached hydrogen (secondary N) is 1. The quantitative estimate of drug-likeness (QED) is 0.309. The highest BCUT2D eigenvalue weighted by Gasteiger charge is 2.31. The summed E-state index contributed by atoms with van der Waals surface area (Å²) in [5, 5.41) is 3.14. The third kappa shape index (κ3) is 6.25. The minimum Gasteiger partial charge on any atom is -0.486 e. The first-order valence-corrected chi connectivity index (χ1v) is 14.9. The number of amides is 1. The minimum atomic E-state index is -0.0861. The second kappa shape index (κ2) is 12.4. The van der Waals surface area contributed by atoms with Gasteiger partial charge in [-0.1, -0.05) is 12.1 Å². The molecule has 2 aromatic carbocycles. The van der Waals surface area contributed by atoms with Crippen LogP contribution in [0.15, 0.2) is 61.2 Å². The van der Waals surface area contributed by atoms with Crippen molar-refractivity contribution in [2.45, 2.75) is 32.4 Å². The van der Waals surface area contributed by atoms with Crippen molar-refractivity contribution in [3.05, 3.63) is 78.0 Å². The van der Waals surface area contributed by atoms with Crippen molar-refractivity contribution in [2.75, 3.05) is 51.1 Å². The van der Waals surface area contributed by atoms with Gasteiger partial charge in [0.15, 0.2) is 23.0 Å². The predicted molar refractivity (Wildman–Crippen MR) is 162 cm³/mol. The molecule has 1 saturated heterocycles. The van der Waals surface area contributed by atoms with Crippen LogP contribution in [0.3, 0.4) is 0 Å². The monoisotopic (exact) mass is 597 g/mol. The van der Waals surface area contributed by atoms with E-state index in [0.29, 0.717) is 45.1 Å². The van der Waals surface area contributed by atoms with Crippen molar-refractivity contribution in [3.8, 4) is 28.9 Å². The largest absolute Gasteiger partial charge is 0.486 e. The molecule has 44 heavy (non-hydrogen) atoms. The van der Waals surface area contributed by atoms with Gasteiger partial charge in [-0.2, -0.15) is 4.98 Å². The fourth-order valence-electron chi connectivity index (χ4n) is 5.89. The van der Waals surface area contributed by atoms with E-state index in [9.17, 15) is 4.79 Å². The van der Waals surface area contributed by atoms with E-state index in [4.69, 9.17) is 23.9 Å². The van der Waals surface area contributed by atoms with Crippen molar-refractivity contribution in [1.29, 1.82) is 0 Å². The van der Waals surface area contributed by atoms with Gasteiger partial charge in [-0.15, -0.1) is 0 Å². The molecule has 0 saturated carbocycles. The lowest BCUT2D eigenvalue weighted by Gasteiger charge is -2.42. The van der Waals surface area contributed by atoms with Crippen LogP contribution in [0, 0.1) is 6.92 Å². The van der Waals surface area contributed by atoms with Gasteiger partial charge in [0.05, 0.1) is 6.04 Å². The molecule has 3 aliphatic rings. The molecule has 4 aromatic rings. The summed E-state index contributed by atoms with van der Waals surface area (Å²) in [5.74, 6) is 4.44. The number of ether oxygens (including phenoxy) is 4. The van der Waals surface area contributed by atoms with Crippen LogP contribution in [0.2, 0.25) is 0 Å². The number of fused-ring (bicyclic) bond motifs is 2. The summed E-state index contributed by atoms with van der Waals surface area (Å²) in [6, 6.07) is 13.9. The van der Waals surface area contributed by atoms with Gasteiger partial charge < -0.3 is 29.2 Å². The Balaban J connectivity index is 1.05. The molecule has 0 bridgehead atoms. The van der Waals surface area contributed by atoms with Gasteiger partial charge in [0, 0.05) is 63.3 Å². The van der Waals surface area contributed by atoms with Crippen LogP contribution < -0.4 is 29.2 Å². The van der Waals surface area contributed by atoms with Crippen LogP contribution in [0.5, 0.6) is 23.0 Å². The normalized spacial score (nSPS) is 17.5. The topological polar surface area (TPSA) is 116 Å². The molecule has 0 aliphatic carbocycles. The Bertz CT molecular complexity index is 1630. The van der Waals surface area contributed by atoms with E-state index in [0.717, 1.165) is 65.3 Å². The maximum atomic E-state index is 13.3. The van der Waals surface area contributed by atoms with Crippen molar-refractivity contribution >= 4 is 11.7 Å². The SMILES string of the molecule is Cc1cc(N2CCN(Cc3ccc4c(c3)OCO4)CC2CC(=O)NCCc2ccc3c(c2)OCCO3)nc(-n2ccnc2)n1. The number of anilines is 1. The molecule has 5 heterocycles. The van der Waals surface area contributed by atoms with Gasteiger partial charge in [-0.05, 0) is 48.7 Å². The molecule has 12 heteroatoms. The van der Waals surface area contributed by atoms with Crippen LogP contribution in [0.4, 0.5) is 5.82 Å². The second-order valence-corrected chi connectivity index (χ2v) is 11.2. The number of piperazine rings is 1. The molecule has 2 aromatic heterocycles. The maximum Gasteiger partial charge on any atom is 0.237 e. The number of hydrogen-bond donors (Lipinski definition) is 1. The van der Waals surface area contributed by atoms with Crippen LogP contribution >= 0.6 is 0 Å². The molecule has 1 atom stereocenters. The van der Waals surface area contributed by atoms with Crippen LogP contribution in [0.25, 0.3) is 5.95 Å². The number of imidazole rings is 1. The van der Waals surface area contributed by atoms with Gasteiger partial charge in [-0.25, -0.2) is 9.97 Å². The summed E-state index contributed by atoms with van der Waals surface area (Å²) in [6.45, 7) is 6.84. The molecule has 0 spiro atoms. The number of aryl methyl sites for hydroxylation is 1. The van der Waals surface area contributed by atoms with Crippen LogP contribution in [-0.2, 0) is 17.8 Å². The standard InChI is InChI=1S/C32H35N7O5/c1-22-14-30(36-32(35-22)38-9-8-33-20-38)39-11-10-37(18-24-3-5-27-29(16-24)44-21-43-27)19-25(39)17-31(40)34-7-6-23-2-4-26-28(15-23)42-13-12-41-26/h2-5,8-9,14-16,20,25H,6-7,10-13,17-19,21H2,1H3,(H,34,40). The molecule has 1 unspecified atom stereocenters. The highest BCUT2D eigenvalue weighted by molar-refractivity contribution is 5.77. The first kappa shape index (κ1) is 28.0. The van der Waals surface area contributed by atoms with E-state index >= 15 is 0 Å². The fraction of sp³-hybridized carbons (Fsp3) is 0.375. The zero-order chi connectivity index (χ0) is 29.9. The van der Waals surface area contributed by atoms with Gasteiger partial charge in [0.25, 0.3) is 0 Å². The number of carbonyl (C=O) groups is 1. The van der Waals surface area contributed by atoms with Crippen LogP contribution in [0.1, 0.15) is 23.2 Å². The third-order valence-electron chi connectivity index (χ3n) is 8.03. The van der Waals surface area contributed by atoms with E-state index in [2.05, 4.69) is 31.2 Å². The Morgan fingerprint density at radius 3 is 2.57 bits per heavy atom. The van der Waals surface area contributed by atoms with Crippen molar-refractivity contribution in [1.82, 2.24) is 29.7 Å². The number of benzene rings is 2. The van der Waals surface area contributed by atoms with Crippen LogP contribution in [-0.4, -0.2) is 82.6 Å². The van der Waals surface area contributed by atoms with Gasteiger partial charge in [0.1, 0.15) is 25.4 Å². The average molecular weight is 598 g/mol. The van der Waals surface area contributed by atoms with E-state index < -0.39 is 0 Å². The Morgan fingerprint density at radius 2 is 1.70 bits per heavy atom. The second-order valence-electron chi connectivity index (χ2n) is 11.2. The highest BCUT2D eigenvalue weighted by Crippen LogP contribution is 2.33. The van der Waals surface area contributed by atoms with E-state index in [-0.39, 0.29) is 18.7 Å². The third-order valence-corrected chi connectivity index (χ3v) is 8.03. The zero-order valence-corrected chi connectivity index (χ0v) is 24.6. The van der Waals surface area contributed by atoms with Crippen molar-refractivity contribution in [2.24, 2.45) is 0 Å². The van der Waals surface area contributed by atoms with E-state index in [1.165, 1.54) is 0 Å². The Morgan fingerprint density at radius 1 is 0.932 bits per heavy atom. The number of carbonyl (C=O) groups excluding carboxylic acids is 1. The van der Waals surface area contributed by atoms with E-state index in [1.54, 1.807) is 17.1 Å². The molecule has 1 N–H and O–H groups in total. The molecule has 3 aliphatic heterocycles. The number of aromatic nitrogens is 4. The van der Waals surface area contributed by atoms with Crippen molar-refractivity contribution < 1.29 is 23.7 Å². The molecule has 0 radical (unpaired) electrons. The predicted octanol–water partition coefficient (Wildman–Crippen LogP) is 2.91. The average Bonchev–Trinajstić information content (AvgIpc) is 3.74. The number of nitrogens with zero attached hydrogens (tertiary/aromatic N) is 6. The smallest absolute Gasteiger partial charge is 0.237 e. The Hall–Kier alpha value is -4.84. The number of rotatable bonds is 9. The molecule has 12 nitrogen and oxygen atoms in total. The molecule has 1 amide bonds. The molecule has 1 fully saturated rings. The lowest BCUT2D eigenvalue weighted by molar-refractivity contribution is -0.121. The Labute approximate surface area is 255 Å². The molecule has 228 valence electrons. The minimum absolute atomic E-state index is 0.00286. The fourth-order valence-corrected chi connectivity index (χ4v) is 5.89. The lowest BCUT2D eigenvalue weighted by Crippen LogP contribution is -2.54. The lowest BCUT2D eigenvalue weighted by atomic mass is 10.1. The zero-order valence-electron chi connectivity index (χ0n) is 24.6. The summed E-state index contributed by atoms with van der Waals surface area (Å²) in [7, 11) is 0. The van der Waals surface area contributed by atoms with Gasteiger partial charge in [-0.3, -0.25) is 14.3 Å². The Kier molecular flexibility index (Phi) is 7.89. The summed E-state index contributed by atoms with van der Waals surface area (Å²) in [6.07, 6.45) is 6.26. The van der Waals surface area contributed by atoms with E-state index in [1.807, 2.05) is 49.5 Å². The first-order valence-electron chi connectivity index (χ1n) is 14.9. The first-order chi connectivity index (χ1) is 21.6. The van der Waals surface area contributed by atoms with Gasteiger partial charge >= 0.3 is 0 Å². The summed E-state index contributed by atoms with van der Waals surface area (Å²) in [5.41, 5.74) is 3.09. The maximum absolute atomic E-state index is 13.3.